The maximum absolute atomic E-state index is 5.05. The smallest absolute Gasteiger partial charge is 0.0910 e. The zero-order chi connectivity index (χ0) is 15.9. The van der Waals surface area contributed by atoms with Crippen LogP contribution in [-0.4, -0.2) is 43.5 Å². The molecule has 0 atom stereocenters. The molecule has 0 fully saturated rings. The first-order chi connectivity index (χ1) is 10.7. The molecule has 0 bridgehead atoms. The Labute approximate surface area is 132 Å². The number of aryl methyl sites for hydroxylation is 1. The monoisotopic (exact) mass is 297 g/mol. The molecule has 4 heteroatoms. The Morgan fingerprint density at radius 3 is 2.91 bits per heavy atom. The van der Waals surface area contributed by atoms with Gasteiger partial charge < -0.3 is 9.64 Å². The molecular weight excluding hydrogens is 274 g/mol. The summed E-state index contributed by atoms with van der Waals surface area (Å²) in [7, 11) is 3.69. The van der Waals surface area contributed by atoms with E-state index in [1.807, 2.05) is 43.4 Å². The van der Waals surface area contributed by atoms with Crippen LogP contribution in [0.4, 0.5) is 5.69 Å². The van der Waals surface area contributed by atoms with Crippen molar-refractivity contribution in [3.63, 3.8) is 0 Å². The summed E-state index contributed by atoms with van der Waals surface area (Å²) in [6.07, 6.45) is 5.89. The molecule has 0 amide bonds. The van der Waals surface area contributed by atoms with Gasteiger partial charge in [-0.3, -0.25) is 4.98 Å². The molecular formula is C18H23N3O. The number of rotatable bonds is 6. The lowest BCUT2D eigenvalue weighted by Crippen LogP contribution is -2.14. The number of hydrogen-bond donors (Lipinski definition) is 0. The van der Waals surface area contributed by atoms with Crippen molar-refractivity contribution in [1.29, 1.82) is 0 Å². The molecule has 0 unspecified atom stereocenters. The lowest BCUT2D eigenvalue weighted by molar-refractivity contribution is 0.234. The molecule has 22 heavy (non-hydrogen) atoms. The van der Waals surface area contributed by atoms with Gasteiger partial charge in [0.1, 0.15) is 0 Å². The van der Waals surface area contributed by atoms with Gasteiger partial charge in [0.2, 0.25) is 0 Å². The van der Waals surface area contributed by atoms with Crippen LogP contribution < -0.4 is 0 Å². The Bertz CT molecular complexity index is 692. The van der Waals surface area contributed by atoms with Gasteiger partial charge in [0.25, 0.3) is 0 Å². The molecule has 2 aromatic rings. The summed E-state index contributed by atoms with van der Waals surface area (Å²) in [5.74, 6) is 0. The van der Waals surface area contributed by atoms with Crippen molar-refractivity contribution in [2.75, 3.05) is 27.3 Å². The zero-order valence-corrected chi connectivity index (χ0v) is 13.7. The third-order valence-corrected chi connectivity index (χ3v) is 3.49. The van der Waals surface area contributed by atoms with Gasteiger partial charge in [0.05, 0.1) is 29.8 Å². The van der Waals surface area contributed by atoms with Crippen molar-refractivity contribution in [3.8, 4) is 0 Å². The summed E-state index contributed by atoms with van der Waals surface area (Å²) in [6, 6.07) is 8.26. The van der Waals surface area contributed by atoms with E-state index in [9.17, 15) is 0 Å². The van der Waals surface area contributed by atoms with Gasteiger partial charge in [-0.1, -0.05) is 30.4 Å². The van der Waals surface area contributed by atoms with Gasteiger partial charge in [-0.15, -0.1) is 0 Å². The number of fused-ring (bicyclic) bond motifs is 1. The van der Waals surface area contributed by atoms with E-state index in [-0.39, 0.29) is 0 Å². The average Bonchev–Trinajstić information content (AvgIpc) is 2.53. The third kappa shape index (κ3) is 3.92. The molecule has 4 nitrogen and oxygen atoms in total. The van der Waals surface area contributed by atoms with Gasteiger partial charge in [-0.25, -0.2) is 4.99 Å². The molecule has 0 radical (unpaired) electrons. The highest BCUT2D eigenvalue weighted by molar-refractivity contribution is 5.89. The SMILES string of the molecule is CCN(C)/C=N/c1cc2cccc(/C=C/COC)c2nc1C. The van der Waals surface area contributed by atoms with Crippen LogP contribution in [0.1, 0.15) is 18.2 Å². The van der Waals surface area contributed by atoms with Gasteiger partial charge >= 0.3 is 0 Å². The first-order valence-electron chi connectivity index (χ1n) is 7.46. The Kier molecular flexibility index (Phi) is 5.67. The van der Waals surface area contributed by atoms with Gasteiger partial charge in [-0.2, -0.15) is 0 Å². The number of aromatic nitrogens is 1. The molecule has 0 saturated heterocycles. The Morgan fingerprint density at radius 2 is 2.18 bits per heavy atom. The fraction of sp³-hybridized carbons (Fsp3) is 0.333. The van der Waals surface area contributed by atoms with Gasteiger partial charge in [-0.05, 0) is 19.9 Å². The summed E-state index contributed by atoms with van der Waals surface area (Å²) < 4.78 is 5.05. The summed E-state index contributed by atoms with van der Waals surface area (Å²) in [6.45, 7) is 5.61. The minimum absolute atomic E-state index is 0.598. The topological polar surface area (TPSA) is 37.7 Å². The highest BCUT2D eigenvalue weighted by Gasteiger charge is 2.05. The Hall–Kier alpha value is -2.20. The van der Waals surface area contributed by atoms with Crippen LogP contribution in [0.25, 0.3) is 17.0 Å². The minimum Gasteiger partial charge on any atom is -0.381 e. The van der Waals surface area contributed by atoms with E-state index in [0.29, 0.717) is 6.61 Å². The van der Waals surface area contributed by atoms with Gasteiger partial charge in [0, 0.05) is 31.7 Å². The highest BCUT2D eigenvalue weighted by Crippen LogP contribution is 2.25. The Morgan fingerprint density at radius 1 is 1.36 bits per heavy atom. The van der Waals surface area contributed by atoms with Crippen molar-refractivity contribution in [3.05, 3.63) is 41.6 Å². The standard InChI is InChI=1S/C18H23N3O/c1-5-21(3)13-19-17-12-16-9-6-8-15(10-7-11-22-4)18(16)20-14(17)2/h6-10,12-13H,5,11H2,1-4H3/b10-7+,19-13+. The molecule has 0 aliphatic heterocycles. The highest BCUT2D eigenvalue weighted by atomic mass is 16.5. The average molecular weight is 297 g/mol. The van der Waals surface area contributed by atoms with E-state index in [1.165, 1.54) is 0 Å². The summed E-state index contributed by atoms with van der Waals surface area (Å²) in [5, 5.41) is 1.09. The first-order valence-corrected chi connectivity index (χ1v) is 7.46. The van der Waals surface area contributed by atoms with Crippen LogP contribution >= 0.6 is 0 Å². The van der Waals surface area contributed by atoms with Crippen LogP contribution in [0.5, 0.6) is 0 Å². The van der Waals surface area contributed by atoms with Crippen molar-refractivity contribution < 1.29 is 4.74 Å². The van der Waals surface area contributed by atoms with E-state index >= 15 is 0 Å². The van der Waals surface area contributed by atoms with Crippen LogP contribution in [-0.2, 0) is 4.74 Å². The number of aliphatic imine (C=N–C) groups is 1. The van der Waals surface area contributed by atoms with Crippen LogP contribution in [0.15, 0.2) is 35.3 Å². The number of methoxy groups -OCH3 is 1. The lowest BCUT2D eigenvalue weighted by Gasteiger charge is -2.10. The molecule has 116 valence electrons. The van der Waals surface area contributed by atoms with Gasteiger partial charge in [0.15, 0.2) is 0 Å². The maximum Gasteiger partial charge on any atom is 0.0910 e. The fourth-order valence-corrected chi connectivity index (χ4v) is 2.08. The summed E-state index contributed by atoms with van der Waals surface area (Å²) >= 11 is 0. The number of pyridine rings is 1. The molecule has 0 saturated carbocycles. The third-order valence-electron chi connectivity index (χ3n) is 3.49. The predicted molar refractivity (Wildman–Crippen MR) is 93.8 cm³/mol. The van der Waals surface area contributed by atoms with Crippen molar-refractivity contribution in [2.45, 2.75) is 13.8 Å². The van der Waals surface area contributed by atoms with Crippen molar-refractivity contribution in [2.24, 2.45) is 4.99 Å². The first kappa shape index (κ1) is 16.2. The van der Waals surface area contributed by atoms with E-state index in [2.05, 4.69) is 30.1 Å². The van der Waals surface area contributed by atoms with Crippen molar-refractivity contribution >= 4 is 29.0 Å². The number of hydrogen-bond acceptors (Lipinski definition) is 3. The number of ether oxygens (including phenoxy) is 1. The second-order valence-corrected chi connectivity index (χ2v) is 5.19. The lowest BCUT2D eigenvalue weighted by atomic mass is 10.1. The number of para-hydroxylation sites is 1. The maximum atomic E-state index is 5.05. The number of benzene rings is 1. The molecule has 0 N–H and O–H groups in total. The van der Waals surface area contributed by atoms with E-state index in [0.717, 1.165) is 34.4 Å². The van der Waals surface area contributed by atoms with Crippen molar-refractivity contribution in [1.82, 2.24) is 9.88 Å². The minimum atomic E-state index is 0.598. The second-order valence-electron chi connectivity index (χ2n) is 5.19. The fourth-order valence-electron chi connectivity index (χ4n) is 2.08. The second kappa shape index (κ2) is 7.71. The molecule has 0 aliphatic rings. The largest absolute Gasteiger partial charge is 0.381 e. The summed E-state index contributed by atoms with van der Waals surface area (Å²) in [5.41, 5.74) is 3.93. The summed E-state index contributed by atoms with van der Waals surface area (Å²) in [4.78, 5) is 11.3. The normalized spacial score (nSPS) is 11.8. The number of nitrogens with zero attached hydrogens (tertiary/aromatic N) is 3. The molecule has 0 spiro atoms. The van der Waals surface area contributed by atoms with E-state index < -0.39 is 0 Å². The molecule has 1 aromatic heterocycles. The predicted octanol–water partition coefficient (Wildman–Crippen LogP) is 3.81. The molecule has 2 rings (SSSR count). The van der Waals surface area contributed by atoms with Crippen LogP contribution in [0, 0.1) is 6.92 Å². The Balaban J connectivity index is 2.41. The van der Waals surface area contributed by atoms with E-state index in [4.69, 9.17) is 9.72 Å². The van der Waals surface area contributed by atoms with E-state index in [1.54, 1.807) is 7.11 Å². The molecule has 1 heterocycles. The molecule has 1 aromatic carbocycles. The quantitative estimate of drug-likeness (QED) is 0.601. The molecule has 0 aliphatic carbocycles. The van der Waals surface area contributed by atoms with Crippen LogP contribution in [0.2, 0.25) is 0 Å². The van der Waals surface area contributed by atoms with Crippen LogP contribution in [0.3, 0.4) is 0 Å². The zero-order valence-electron chi connectivity index (χ0n) is 13.7.